The van der Waals surface area contributed by atoms with Gasteiger partial charge in [-0.25, -0.2) is 8.42 Å². The summed E-state index contributed by atoms with van der Waals surface area (Å²) in [5.74, 6) is -0.0589. The first-order chi connectivity index (χ1) is 7.80. The van der Waals surface area contributed by atoms with E-state index >= 15 is 0 Å². The van der Waals surface area contributed by atoms with Crippen LogP contribution >= 0.6 is 26.6 Å². The van der Waals surface area contributed by atoms with E-state index in [-0.39, 0.29) is 17.9 Å². The number of nitrogens with two attached hydrogens (primary N) is 1. The molecular formula is C9H9BrClNO4S. The molecule has 2 N–H and O–H groups in total. The number of primary amides is 1. The maximum atomic E-state index is 11.0. The number of rotatable bonds is 5. The first kappa shape index (κ1) is 14.3. The van der Waals surface area contributed by atoms with Gasteiger partial charge in [0.05, 0.1) is 22.4 Å². The Morgan fingerprint density at radius 3 is 2.59 bits per heavy atom. The molecule has 0 atom stereocenters. The first-order valence-corrected chi connectivity index (χ1v) is 7.56. The number of ether oxygens (including phenoxy) is 1. The fourth-order valence-corrected chi connectivity index (χ4v) is 2.43. The first-order valence-electron chi connectivity index (χ1n) is 4.46. The lowest BCUT2D eigenvalue weighted by Gasteiger charge is -2.07. The number of hydrogen-bond donors (Lipinski definition) is 1. The molecule has 1 aromatic rings. The third-order valence-electron chi connectivity index (χ3n) is 1.79. The van der Waals surface area contributed by atoms with Crippen LogP contribution in [-0.2, 0) is 13.8 Å². The van der Waals surface area contributed by atoms with Crippen molar-refractivity contribution >= 4 is 41.6 Å². The molecule has 0 spiro atoms. The zero-order valence-corrected chi connectivity index (χ0v) is 11.7. The quantitative estimate of drug-likeness (QED) is 0.824. The van der Waals surface area contributed by atoms with Gasteiger partial charge < -0.3 is 10.5 Å². The molecule has 94 valence electrons. The van der Waals surface area contributed by atoms with Gasteiger partial charge in [0, 0.05) is 10.7 Å². The Bertz CT molecular complexity index is 532. The van der Waals surface area contributed by atoms with Crippen molar-refractivity contribution in [3.05, 3.63) is 22.7 Å². The summed E-state index contributed by atoms with van der Waals surface area (Å²) in [4.78, 5) is 10.5. The third kappa shape index (κ3) is 4.53. The van der Waals surface area contributed by atoms with E-state index in [0.29, 0.717) is 10.2 Å². The summed E-state index contributed by atoms with van der Waals surface area (Å²) in [6.45, 7) is 0.126. The van der Waals surface area contributed by atoms with E-state index in [1.165, 1.54) is 18.2 Å². The topological polar surface area (TPSA) is 86.5 Å². The predicted octanol–water partition coefficient (Wildman–Crippen LogP) is 1.63. The van der Waals surface area contributed by atoms with Gasteiger partial charge >= 0.3 is 0 Å². The number of carbonyl (C=O) groups excluding carboxylic acids is 1. The van der Waals surface area contributed by atoms with Gasteiger partial charge in [-0.3, -0.25) is 4.79 Å². The van der Waals surface area contributed by atoms with Crippen LogP contribution in [0.3, 0.4) is 0 Å². The number of amides is 1. The molecular weight excluding hydrogens is 334 g/mol. The number of benzene rings is 1. The van der Waals surface area contributed by atoms with Crippen molar-refractivity contribution in [2.75, 3.05) is 6.61 Å². The van der Waals surface area contributed by atoms with Crippen LogP contribution in [0.1, 0.15) is 6.42 Å². The number of hydrogen-bond acceptors (Lipinski definition) is 4. The lowest BCUT2D eigenvalue weighted by atomic mass is 10.3. The van der Waals surface area contributed by atoms with Gasteiger partial charge in [-0.05, 0) is 34.1 Å². The smallest absolute Gasteiger partial charge is 0.261 e. The number of carbonyl (C=O) groups is 1. The van der Waals surface area contributed by atoms with Crippen LogP contribution in [0.4, 0.5) is 0 Å². The minimum Gasteiger partial charge on any atom is -0.492 e. The van der Waals surface area contributed by atoms with Crippen molar-refractivity contribution in [3.8, 4) is 5.75 Å². The minimum absolute atomic E-state index is 0.0340. The highest BCUT2D eigenvalue weighted by Crippen LogP contribution is 2.29. The molecule has 0 fully saturated rings. The van der Waals surface area contributed by atoms with Gasteiger partial charge in [-0.1, -0.05) is 0 Å². The lowest BCUT2D eigenvalue weighted by molar-refractivity contribution is -0.118. The molecule has 0 aliphatic rings. The molecule has 0 aromatic heterocycles. The van der Waals surface area contributed by atoms with Crippen molar-refractivity contribution in [2.24, 2.45) is 5.73 Å². The van der Waals surface area contributed by atoms with Gasteiger partial charge in [0.15, 0.2) is 0 Å². The van der Waals surface area contributed by atoms with Gasteiger partial charge in [0.2, 0.25) is 5.91 Å². The Kier molecular flexibility index (Phi) is 4.79. The van der Waals surface area contributed by atoms with Gasteiger partial charge in [0.1, 0.15) is 5.75 Å². The van der Waals surface area contributed by atoms with Gasteiger partial charge in [-0.15, -0.1) is 0 Å². The highest BCUT2D eigenvalue weighted by molar-refractivity contribution is 9.10. The van der Waals surface area contributed by atoms with Crippen LogP contribution in [0, 0.1) is 0 Å². The number of halogens is 2. The van der Waals surface area contributed by atoms with Gasteiger partial charge in [-0.2, -0.15) is 0 Å². The van der Waals surface area contributed by atoms with Crippen molar-refractivity contribution in [2.45, 2.75) is 11.3 Å². The van der Waals surface area contributed by atoms with Crippen LogP contribution in [-0.4, -0.2) is 20.9 Å². The molecule has 0 unspecified atom stereocenters. The Balaban J connectivity index is 2.80. The summed E-state index contributed by atoms with van der Waals surface area (Å²) < 4.78 is 27.7. The second-order valence-electron chi connectivity index (χ2n) is 3.09. The summed E-state index contributed by atoms with van der Waals surface area (Å²) in [6, 6.07) is 4.08. The van der Waals surface area contributed by atoms with Crippen molar-refractivity contribution < 1.29 is 17.9 Å². The lowest BCUT2D eigenvalue weighted by Crippen LogP contribution is -2.14. The molecule has 5 nitrogen and oxygen atoms in total. The predicted molar refractivity (Wildman–Crippen MR) is 66.5 cm³/mol. The molecule has 0 saturated carbocycles. The Morgan fingerprint density at radius 2 is 2.12 bits per heavy atom. The fraction of sp³-hybridized carbons (Fsp3) is 0.222. The maximum absolute atomic E-state index is 11.0. The normalized spacial score (nSPS) is 11.2. The van der Waals surface area contributed by atoms with E-state index in [4.69, 9.17) is 21.2 Å². The summed E-state index contributed by atoms with van der Waals surface area (Å²) in [7, 11) is 1.41. The second kappa shape index (κ2) is 5.70. The molecule has 0 heterocycles. The minimum atomic E-state index is -3.76. The Labute approximate surface area is 111 Å². The van der Waals surface area contributed by atoms with Crippen LogP contribution < -0.4 is 10.5 Å². The molecule has 17 heavy (non-hydrogen) atoms. The summed E-state index contributed by atoms with van der Waals surface area (Å²) in [5.41, 5.74) is 4.95. The largest absolute Gasteiger partial charge is 0.492 e. The van der Waals surface area contributed by atoms with Crippen LogP contribution in [0.5, 0.6) is 5.75 Å². The third-order valence-corrected chi connectivity index (χ3v) is 3.76. The maximum Gasteiger partial charge on any atom is 0.261 e. The highest BCUT2D eigenvalue weighted by atomic mass is 79.9. The Hall–Kier alpha value is -0.790. The molecule has 0 saturated heterocycles. The molecule has 1 aromatic carbocycles. The molecule has 0 radical (unpaired) electrons. The molecule has 1 rings (SSSR count). The van der Waals surface area contributed by atoms with Gasteiger partial charge in [0.25, 0.3) is 9.05 Å². The average molecular weight is 343 g/mol. The Morgan fingerprint density at radius 1 is 1.47 bits per heavy atom. The molecule has 0 aliphatic carbocycles. The second-order valence-corrected chi connectivity index (χ2v) is 6.52. The zero-order valence-electron chi connectivity index (χ0n) is 8.52. The highest BCUT2D eigenvalue weighted by Gasteiger charge is 2.12. The van der Waals surface area contributed by atoms with E-state index in [1.54, 1.807) is 0 Å². The molecule has 0 aliphatic heterocycles. The van der Waals surface area contributed by atoms with Crippen molar-refractivity contribution in [1.82, 2.24) is 0 Å². The monoisotopic (exact) mass is 341 g/mol. The molecule has 1 amide bonds. The standard InChI is InChI=1S/C9H9BrClNO4S/c10-7-5-6(17(11,14)15)1-2-8(7)16-4-3-9(12)13/h1-2,5H,3-4H2,(H2,12,13). The molecule has 8 heteroatoms. The van der Waals surface area contributed by atoms with E-state index in [2.05, 4.69) is 15.9 Å². The van der Waals surface area contributed by atoms with Crippen LogP contribution in [0.25, 0.3) is 0 Å². The van der Waals surface area contributed by atoms with Crippen LogP contribution in [0.2, 0.25) is 0 Å². The van der Waals surface area contributed by atoms with E-state index in [1.807, 2.05) is 0 Å². The van der Waals surface area contributed by atoms with Crippen molar-refractivity contribution in [3.63, 3.8) is 0 Å². The van der Waals surface area contributed by atoms with E-state index in [0.717, 1.165) is 0 Å². The SMILES string of the molecule is NC(=O)CCOc1ccc(S(=O)(=O)Cl)cc1Br. The van der Waals surface area contributed by atoms with E-state index < -0.39 is 15.0 Å². The average Bonchev–Trinajstić information content (AvgIpc) is 2.18. The zero-order chi connectivity index (χ0) is 13.1. The summed E-state index contributed by atoms with van der Waals surface area (Å²) in [6.07, 6.45) is 0.0853. The van der Waals surface area contributed by atoms with Crippen LogP contribution in [0.15, 0.2) is 27.6 Å². The summed E-state index contributed by atoms with van der Waals surface area (Å²) in [5, 5.41) is 0. The van der Waals surface area contributed by atoms with E-state index in [9.17, 15) is 13.2 Å². The fourth-order valence-electron chi connectivity index (χ4n) is 1.01. The van der Waals surface area contributed by atoms with Crippen molar-refractivity contribution in [1.29, 1.82) is 0 Å². The summed E-state index contributed by atoms with van der Waals surface area (Å²) >= 11 is 3.14. The molecule has 0 bridgehead atoms.